The molecule has 2 heterocycles. The number of esters is 1. The third-order valence-corrected chi connectivity index (χ3v) is 6.10. The largest absolute Gasteiger partial charge is 2.00 e. The Kier molecular flexibility index (Phi) is 7.69. The molecule has 33 heavy (non-hydrogen) atoms. The third kappa shape index (κ3) is 4.44. The fraction of sp³-hybridized carbons (Fsp3) is 0.269. The number of nitrogens with one attached hydrogen (secondary N) is 1. The van der Waals surface area contributed by atoms with Crippen LogP contribution in [0.1, 0.15) is 25.5 Å². The van der Waals surface area contributed by atoms with E-state index in [2.05, 4.69) is 5.32 Å². The van der Waals surface area contributed by atoms with Gasteiger partial charge in [-0.2, -0.15) is 30.3 Å². The number of carbonyl (C=O) groups is 3. The molecule has 3 aromatic rings. The summed E-state index contributed by atoms with van der Waals surface area (Å²) < 4.78 is 5.24. The van der Waals surface area contributed by atoms with Gasteiger partial charge in [0.1, 0.15) is 5.54 Å². The van der Waals surface area contributed by atoms with Crippen molar-refractivity contribution < 1.29 is 36.2 Å². The molecular weight excluding hydrogens is 460 g/mol. The Morgan fingerprint density at radius 3 is 2.24 bits per heavy atom. The zero-order valence-electron chi connectivity index (χ0n) is 18.5. The number of carbonyl (C=O) groups excluding carboxylic acids is 3. The summed E-state index contributed by atoms with van der Waals surface area (Å²) in [7, 11) is 0. The van der Waals surface area contributed by atoms with E-state index in [9.17, 15) is 14.4 Å². The summed E-state index contributed by atoms with van der Waals surface area (Å²) in [4.78, 5) is 40.5. The molecule has 2 amide bonds. The normalized spacial score (nSPS) is 25.6. The van der Waals surface area contributed by atoms with Crippen LogP contribution >= 0.6 is 0 Å². The number of fused-ring (bicyclic) bond motifs is 1. The van der Waals surface area contributed by atoms with Crippen LogP contribution in [0.4, 0.5) is 5.69 Å². The van der Waals surface area contributed by atoms with Gasteiger partial charge in [0.2, 0.25) is 11.8 Å². The molecule has 1 N–H and O–H groups in total. The van der Waals surface area contributed by atoms with Crippen LogP contribution in [0.2, 0.25) is 0 Å². The fourth-order valence-corrected chi connectivity index (χ4v) is 4.64. The van der Waals surface area contributed by atoms with Gasteiger partial charge in [-0.1, -0.05) is 18.2 Å². The Hall–Kier alpha value is -2.99. The summed E-state index contributed by atoms with van der Waals surface area (Å²) in [5, 5.41) is 3.25. The predicted molar refractivity (Wildman–Crippen MR) is 121 cm³/mol. The van der Waals surface area contributed by atoms with Gasteiger partial charge in [0.25, 0.3) is 0 Å². The molecule has 2 aliphatic heterocycles. The van der Waals surface area contributed by atoms with Crippen LogP contribution in [0.3, 0.4) is 0 Å². The van der Waals surface area contributed by atoms with Crippen molar-refractivity contribution in [2.45, 2.75) is 25.4 Å². The molecule has 4 unspecified atom stereocenters. The Bertz CT molecular complexity index is 1050. The number of amides is 2. The molecule has 0 saturated carbocycles. The zero-order valence-corrected chi connectivity index (χ0v) is 19.6. The molecule has 2 fully saturated rings. The SMILES string of the molecule is CCOC(=O)C1(C)NC([c-]2cccc2)C2C(=O)N(c3ccccc3)C(=O)C21.[Fe+2].c1cc[cH-]c1. The van der Waals surface area contributed by atoms with Gasteiger partial charge < -0.3 is 10.1 Å². The van der Waals surface area contributed by atoms with E-state index >= 15 is 0 Å². The number of anilines is 1. The second kappa shape index (κ2) is 10.3. The van der Waals surface area contributed by atoms with Crippen LogP contribution in [0, 0.1) is 11.8 Å². The molecule has 5 rings (SSSR count). The first-order chi connectivity index (χ1) is 15.5. The second-order valence-corrected chi connectivity index (χ2v) is 8.08. The van der Waals surface area contributed by atoms with E-state index in [0.717, 1.165) is 5.56 Å². The Morgan fingerprint density at radius 2 is 1.70 bits per heavy atom. The molecule has 0 spiro atoms. The smallest absolute Gasteiger partial charge is 0.465 e. The first-order valence-electron chi connectivity index (χ1n) is 10.7. The zero-order chi connectivity index (χ0) is 22.7. The molecule has 3 aromatic carbocycles. The maximum absolute atomic E-state index is 13.3. The molecule has 0 aromatic heterocycles. The molecule has 4 atom stereocenters. The van der Waals surface area contributed by atoms with Crippen molar-refractivity contribution in [1.82, 2.24) is 5.32 Å². The Labute approximate surface area is 204 Å². The summed E-state index contributed by atoms with van der Waals surface area (Å²) >= 11 is 0. The molecule has 172 valence electrons. The van der Waals surface area contributed by atoms with Gasteiger partial charge in [0, 0.05) is 6.04 Å². The average molecular weight is 486 g/mol. The minimum atomic E-state index is -1.26. The summed E-state index contributed by atoms with van der Waals surface area (Å²) in [6.45, 7) is 3.59. The molecule has 0 bridgehead atoms. The monoisotopic (exact) mass is 486 g/mol. The summed E-state index contributed by atoms with van der Waals surface area (Å²) in [5.74, 6) is -2.64. The minimum Gasteiger partial charge on any atom is -0.465 e. The van der Waals surface area contributed by atoms with E-state index < -0.39 is 29.4 Å². The van der Waals surface area contributed by atoms with Crippen molar-refractivity contribution in [2.75, 3.05) is 11.5 Å². The van der Waals surface area contributed by atoms with Gasteiger partial charge in [-0.3, -0.25) is 14.4 Å². The molecule has 6 nitrogen and oxygen atoms in total. The molecular formula is C26H26FeN2O4. The number of imide groups is 1. The van der Waals surface area contributed by atoms with Crippen LogP contribution in [0.15, 0.2) is 84.9 Å². The molecule has 0 aliphatic carbocycles. The van der Waals surface area contributed by atoms with Crippen LogP contribution in [-0.2, 0) is 36.2 Å². The van der Waals surface area contributed by atoms with E-state index in [1.807, 2.05) is 60.7 Å². The van der Waals surface area contributed by atoms with Crippen molar-refractivity contribution >= 4 is 23.5 Å². The van der Waals surface area contributed by atoms with Gasteiger partial charge in [0.15, 0.2) is 0 Å². The third-order valence-electron chi connectivity index (χ3n) is 6.10. The van der Waals surface area contributed by atoms with Gasteiger partial charge in [-0.05, 0) is 26.0 Å². The van der Waals surface area contributed by atoms with Crippen LogP contribution in [0.5, 0.6) is 0 Å². The molecule has 0 radical (unpaired) electrons. The van der Waals surface area contributed by atoms with Gasteiger partial charge in [-0.15, -0.1) is 5.56 Å². The summed E-state index contributed by atoms with van der Waals surface area (Å²) in [6, 6.07) is 26.0. The number of benzene rings is 1. The fourth-order valence-electron chi connectivity index (χ4n) is 4.64. The Balaban J connectivity index is 0.000000453. The molecule has 2 aliphatic rings. The van der Waals surface area contributed by atoms with E-state index in [4.69, 9.17) is 4.74 Å². The van der Waals surface area contributed by atoms with Crippen LogP contribution in [-0.4, -0.2) is 29.9 Å². The quantitative estimate of drug-likeness (QED) is 0.264. The van der Waals surface area contributed by atoms with Crippen molar-refractivity contribution in [3.8, 4) is 0 Å². The number of rotatable bonds is 4. The molecule has 2 saturated heterocycles. The van der Waals surface area contributed by atoms with Crippen molar-refractivity contribution in [2.24, 2.45) is 11.8 Å². The number of ether oxygens (including phenoxy) is 1. The minimum absolute atomic E-state index is 0. The van der Waals surface area contributed by atoms with E-state index in [1.165, 1.54) is 4.90 Å². The maximum atomic E-state index is 13.3. The summed E-state index contributed by atoms with van der Waals surface area (Å²) in [5.41, 5.74) is 0.141. The first kappa shape index (κ1) is 24.6. The number of hydrogen-bond donors (Lipinski definition) is 1. The second-order valence-electron chi connectivity index (χ2n) is 8.08. The number of para-hydroxylation sites is 1. The van der Waals surface area contributed by atoms with Crippen molar-refractivity contribution in [3.05, 3.63) is 90.5 Å². The van der Waals surface area contributed by atoms with Gasteiger partial charge in [-0.25, -0.2) is 29.2 Å². The first-order valence-corrected chi connectivity index (χ1v) is 10.7. The molecule has 7 heteroatoms. The van der Waals surface area contributed by atoms with Crippen LogP contribution in [0.25, 0.3) is 0 Å². The summed E-state index contributed by atoms with van der Waals surface area (Å²) in [6.07, 6.45) is 0. The topological polar surface area (TPSA) is 75.7 Å². The van der Waals surface area contributed by atoms with Crippen molar-refractivity contribution in [3.63, 3.8) is 0 Å². The van der Waals surface area contributed by atoms with E-state index in [1.54, 1.807) is 38.1 Å². The average Bonchev–Trinajstić information content (AvgIpc) is 3.58. The number of hydrogen-bond acceptors (Lipinski definition) is 5. The maximum Gasteiger partial charge on any atom is 2.00 e. The van der Waals surface area contributed by atoms with E-state index in [-0.39, 0.29) is 35.5 Å². The Morgan fingerprint density at radius 1 is 1.06 bits per heavy atom. The standard InChI is InChI=1S/C21H21N2O4.C5H5.Fe/c1-3-27-20(26)21(2)16-15(17(22-21)13-9-7-8-10-13)18(24)23(19(16)25)14-11-5-4-6-12-14;1-2-4-5-3-1;/h4-12,15-17,22H,3H2,1-2H3;1-5H;/q2*-1;+2. The van der Waals surface area contributed by atoms with E-state index in [0.29, 0.717) is 5.69 Å². The predicted octanol–water partition coefficient (Wildman–Crippen LogP) is 3.58. The van der Waals surface area contributed by atoms with Gasteiger partial charge in [0.05, 0.1) is 24.1 Å². The van der Waals surface area contributed by atoms with Crippen LogP contribution < -0.4 is 10.2 Å². The van der Waals surface area contributed by atoms with Gasteiger partial charge >= 0.3 is 23.0 Å². The van der Waals surface area contributed by atoms with Crippen molar-refractivity contribution in [1.29, 1.82) is 0 Å². The number of nitrogens with zero attached hydrogens (tertiary/aromatic N) is 1.